The molecule has 0 bridgehead atoms. The minimum atomic E-state index is -0.780. The number of ether oxygens (including phenoxy) is 3. The van der Waals surface area contributed by atoms with Crippen LogP contribution in [-0.4, -0.2) is 37.2 Å². The van der Waals surface area contributed by atoms with Crippen molar-refractivity contribution in [2.45, 2.75) is 213 Å². The Balaban J connectivity index is 4.34. The van der Waals surface area contributed by atoms with Gasteiger partial charge in [0.2, 0.25) is 0 Å². The predicted octanol–water partition coefficient (Wildman–Crippen LogP) is 14.1. The summed E-state index contributed by atoms with van der Waals surface area (Å²) in [6.07, 6.45) is 50.7. The fraction of sp³-hybridized carbons (Fsp3) is 0.729. The van der Waals surface area contributed by atoms with E-state index in [1.165, 1.54) is 70.6 Å². The minimum Gasteiger partial charge on any atom is -0.462 e. The first-order valence-corrected chi connectivity index (χ1v) is 22.3. The Morgan fingerprint density at radius 1 is 0.389 bits per heavy atom. The molecule has 0 aliphatic carbocycles. The van der Waals surface area contributed by atoms with Crippen molar-refractivity contribution in [2.75, 3.05) is 13.2 Å². The number of esters is 3. The van der Waals surface area contributed by atoms with Gasteiger partial charge in [-0.15, -0.1) is 0 Å². The maximum Gasteiger partial charge on any atom is 0.306 e. The van der Waals surface area contributed by atoms with Crippen LogP contribution >= 0.6 is 0 Å². The average molecular weight is 755 g/mol. The van der Waals surface area contributed by atoms with Gasteiger partial charge in [-0.05, 0) is 64.2 Å². The van der Waals surface area contributed by atoms with Gasteiger partial charge in [-0.3, -0.25) is 14.4 Å². The zero-order valence-electron chi connectivity index (χ0n) is 35.2. The molecule has 0 aromatic rings. The number of allylic oxidation sites excluding steroid dienone is 10. The summed E-state index contributed by atoms with van der Waals surface area (Å²) < 4.78 is 16.6. The summed E-state index contributed by atoms with van der Waals surface area (Å²) in [5.41, 5.74) is 0. The molecule has 0 saturated heterocycles. The second-order valence-electron chi connectivity index (χ2n) is 14.6. The van der Waals surface area contributed by atoms with Crippen molar-refractivity contribution in [3.63, 3.8) is 0 Å². The van der Waals surface area contributed by atoms with Crippen molar-refractivity contribution in [1.82, 2.24) is 0 Å². The molecule has 0 heterocycles. The molecular weight excluding hydrogens is 673 g/mol. The molecule has 6 heteroatoms. The summed E-state index contributed by atoms with van der Waals surface area (Å²) in [7, 11) is 0. The SMILES string of the molecule is CC/C=C\C/C=C\C/C=C\C/C=C\C/C=C\CCCCCC(=O)OCC(COC(=O)CCCCCCCCCC)OC(=O)CCCCCCCCCCC. The van der Waals surface area contributed by atoms with Gasteiger partial charge in [-0.2, -0.15) is 0 Å². The smallest absolute Gasteiger partial charge is 0.306 e. The molecule has 0 aromatic heterocycles. The third-order valence-corrected chi connectivity index (χ3v) is 9.29. The zero-order chi connectivity index (χ0) is 39.4. The zero-order valence-corrected chi connectivity index (χ0v) is 35.2. The molecule has 6 nitrogen and oxygen atoms in total. The van der Waals surface area contributed by atoms with Gasteiger partial charge >= 0.3 is 17.9 Å². The Morgan fingerprint density at radius 3 is 1.13 bits per heavy atom. The second-order valence-corrected chi connectivity index (χ2v) is 14.6. The lowest BCUT2D eigenvalue weighted by molar-refractivity contribution is -0.167. The largest absolute Gasteiger partial charge is 0.462 e. The summed E-state index contributed by atoms with van der Waals surface area (Å²) in [6.45, 7) is 6.43. The Bertz CT molecular complexity index is 1010. The molecule has 1 atom stereocenters. The van der Waals surface area contributed by atoms with Crippen molar-refractivity contribution < 1.29 is 28.6 Å². The van der Waals surface area contributed by atoms with Crippen LogP contribution in [0.15, 0.2) is 60.8 Å². The van der Waals surface area contributed by atoms with Gasteiger partial charge in [0.1, 0.15) is 13.2 Å². The first-order chi connectivity index (χ1) is 26.5. The van der Waals surface area contributed by atoms with Crippen LogP contribution in [0.3, 0.4) is 0 Å². The van der Waals surface area contributed by atoms with E-state index >= 15 is 0 Å². The molecule has 0 rings (SSSR count). The highest BCUT2D eigenvalue weighted by atomic mass is 16.6. The van der Waals surface area contributed by atoms with Crippen molar-refractivity contribution in [1.29, 1.82) is 0 Å². The lowest BCUT2D eigenvalue weighted by Crippen LogP contribution is -2.30. The molecule has 0 spiro atoms. The van der Waals surface area contributed by atoms with Crippen molar-refractivity contribution in [3.05, 3.63) is 60.8 Å². The number of hydrogen-bond donors (Lipinski definition) is 0. The van der Waals surface area contributed by atoms with Gasteiger partial charge in [0.25, 0.3) is 0 Å². The van der Waals surface area contributed by atoms with E-state index in [0.29, 0.717) is 19.3 Å². The van der Waals surface area contributed by atoms with E-state index in [-0.39, 0.29) is 31.1 Å². The maximum absolute atomic E-state index is 12.6. The van der Waals surface area contributed by atoms with Crippen LogP contribution in [0.25, 0.3) is 0 Å². The molecule has 310 valence electrons. The Morgan fingerprint density at radius 2 is 0.722 bits per heavy atom. The van der Waals surface area contributed by atoms with Crippen LogP contribution in [0.2, 0.25) is 0 Å². The molecule has 1 unspecified atom stereocenters. The van der Waals surface area contributed by atoms with E-state index in [2.05, 4.69) is 81.5 Å². The van der Waals surface area contributed by atoms with Gasteiger partial charge in [0, 0.05) is 19.3 Å². The summed E-state index contributed by atoms with van der Waals surface area (Å²) in [6, 6.07) is 0. The monoisotopic (exact) mass is 755 g/mol. The van der Waals surface area contributed by atoms with E-state index in [1.54, 1.807) is 0 Å². The van der Waals surface area contributed by atoms with Gasteiger partial charge in [-0.1, -0.05) is 184 Å². The van der Waals surface area contributed by atoms with Crippen molar-refractivity contribution in [2.24, 2.45) is 0 Å². The van der Waals surface area contributed by atoms with Crippen LogP contribution in [-0.2, 0) is 28.6 Å². The van der Waals surface area contributed by atoms with E-state index in [4.69, 9.17) is 14.2 Å². The number of carbonyl (C=O) groups is 3. The first kappa shape index (κ1) is 51.1. The summed E-state index contributed by atoms with van der Waals surface area (Å²) >= 11 is 0. The van der Waals surface area contributed by atoms with Crippen LogP contribution in [0.5, 0.6) is 0 Å². The lowest BCUT2D eigenvalue weighted by atomic mass is 10.1. The quantitative estimate of drug-likeness (QED) is 0.0269. The summed E-state index contributed by atoms with van der Waals surface area (Å²) in [4.78, 5) is 37.5. The molecule has 0 saturated carbocycles. The van der Waals surface area contributed by atoms with Crippen LogP contribution in [0.4, 0.5) is 0 Å². The molecule has 0 fully saturated rings. The molecule has 0 radical (unpaired) electrons. The van der Waals surface area contributed by atoms with E-state index in [0.717, 1.165) is 96.3 Å². The maximum atomic E-state index is 12.6. The number of rotatable bonds is 39. The van der Waals surface area contributed by atoms with Gasteiger partial charge in [0.05, 0.1) is 0 Å². The Hall–Kier alpha value is -2.89. The fourth-order valence-electron chi connectivity index (χ4n) is 5.94. The molecule has 54 heavy (non-hydrogen) atoms. The number of unbranched alkanes of at least 4 members (excludes halogenated alkanes) is 18. The Labute approximate surface area is 332 Å². The molecular formula is C48H82O6. The van der Waals surface area contributed by atoms with E-state index in [1.807, 2.05) is 0 Å². The summed E-state index contributed by atoms with van der Waals surface area (Å²) in [5, 5.41) is 0. The normalized spacial score (nSPS) is 12.6. The highest BCUT2D eigenvalue weighted by molar-refractivity contribution is 5.71. The van der Waals surface area contributed by atoms with Crippen LogP contribution in [0.1, 0.15) is 207 Å². The topological polar surface area (TPSA) is 78.9 Å². The van der Waals surface area contributed by atoms with Gasteiger partial charge in [-0.25, -0.2) is 0 Å². The highest BCUT2D eigenvalue weighted by Gasteiger charge is 2.19. The third-order valence-electron chi connectivity index (χ3n) is 9.29. The molecule has 0 aromatic carbocycles. The van der Waals surface area contributed by atoms with Crippen LogP contribution < -0.4 is 0 Å². The molecule has 0 aliphatic rings. The first-order valence-electron chi connectivity index (χ1n) is 22.3. The van der Waals surface area contributed by atoms with Gasteiger partial charge < -0.3 is 14.2 Å². The van der Waals surface area contributed by atoms with Crippen molar-refractivity contribution >= 4 is 17.9 Å². The fourth-order valence-corrected chi connectivity index (χ4v) is 5.94. The third kappa shape index (κ3) is 40.3. The Kier molecular flexibility index (Phi) is 40.6. The highest BCUT2D eigenvalue weighted by Crippen LogP contribution is 2.13. The molecule has 0 aliphatic heterocycles. The predicted molar refractivity (Wildman–Crippen MR) is 228 cm³/mol. The van der Waals surface area contributed by atoms with Crippen molar-refractivity contribution in [3.8, 4) is 0 Å². The average Bonchev–Trinajstić information content (AvgIpc) is 3.17. The molecule has 0 N–H and O–H groups in total. The standard InChI is InChI=1S/C48H82O6/c1-4-7-10-13-16-19-20-21-22-23-24-25-26-27-28-30-32-35-38-41-47(50)53-44-45(43-52-46(49)40-37-34-31-18-15-12-9-6-3)54-48(51)42-39-36-33-29-17-14-11-8-5-2/h7,10,16,19,21-22,24-25,27-28,45H,4-6,8-9,11-15,17-18,20,23,26,29-44H2,1-3H3/b10-7-,19-16-,22-21-,25-24-,28-27-. The minimum absolute atomic E-state index is 0.0835. The molecule has 0 amide bonds. The number of carbonyl (C=O) groups excluding carboxylic acids is 3. The second kappa shape index (κ2) is 42.8. The number of hydrogen-bond acceptors (Lipinski definition) is 6. The lowest BCUT2D eigenvalue weighted by Gasteiger charge is -2.18. The van der Waals surface area contributed by atoms with Crippen LogP contribution in [0, 0.1) is 0 Å². The van der Waals surface area contributed by atoms with E-state index in [9.17, 15) is 14.4 Å². The van der Waals surface area contributed by atoms with Gasteiger partial charge in [0.15, 0.2) is 6.10 Å². The van der Waals surface area contributed by atoms with E-state index < -0.39 is 6.10 Å². The summed E-state index contributed by atoms with van der Waals surface area (Å²) in [5.74, 6) is -0.928.